The number of ether oxygens (including phenoxy) is 1. The van der Waals surface area contributed by atoms with Crippen LogP contribution < -0.4 is 0 Å². The number of hydrogen-bond acceptors (Lipinski definition) is 6. The molecular weight excluding hydrogens is 204 g/mol. The molecule has 0 fully saturated rings. The lowest BCUT2D eigenvalue weighted by atomic mass is 10.7. The summed E-state index contributed by atoms with van der Waals surface area (Å²) in [5, 5.41) is 16.4. The second-order valence-electron chi connectivity index (χ2n) is 1.98. The molecule has 0 saturated heterocycles. The van der Waals surface area contributed by atoms with E-state index in [4.69, 9.17) is 14.8 Å². The molecule has 8 heteroatoms. The van der Waals surface area contributed by atoms with Crippen molar-refractivity contribution in [2.75, 3.05) is 12.9 Å². The Labute approximate surface area is 75.7 Å². The summed E-state index contributed by atoms with van der Waals surface area (Å²) in [7, 11) is -3.67. The molecule has 7 nitrogen and oxygen atoms in total. The van der Waals surface area contributed by atoms with E-state index in [9.17, 15) is 13.2 Å². The average molecular weight is 216 g/mol. The van der Waals surface area contributed by atoms with E-state index < -0.39 is 29.0 Å². The first kappa shape index (κ1) is 14.8. The minimum atomic E-state index is -3.67. The molecule has 0 aromatic rings. The molecule has 0 aliphatic heterocycles. The molecule has 0 rings (SSSR count). The van der Waals surface area contributed by atoms with Crippen molar-refractivity contribution in [3.63, 3.8) is 0 Å². The number of hydrogen-bond donors (Lipinski definition) is 3. The smallest absolute Gasteiger partial charge is 0.305 e. The summed E-state index contributed by atoms with van der Waals surface area (Å²) in [4.78, 5) is 9.92. The van der Waals surface area contributed by atoms with E-state index in [0.717, 1.165) is 6.92 Å². The maximum atomic E-state index is 9.92. The van der Waals surface area contributed by atoms with Gasteiger partial charge < -0.3 is 14.9 Å². The molecule has 3 N–H and O–H groups in total. The van der Waals surface area contributed by atoms with Crippen molar-refractivity contribution in [2.24, 2.45) is 0 Å². The van der Waals surface area contributed by atoms with Gasteiger partial charge in [-0.05, 0) is 0 Å². The van der Waals surface area contributed by atoms with Crippen LogP contribution in [0.4, 0.5) is 0 Å². The zero-order valence-electron chi connectivity index (χ0n) is 7.17. The molecule has 0 spiro atoms. The molecule has 0 heterocycles. The van der Waals surface area contributed by atoms with Crippen LogP contribution in [0.1, 0.15) is 6.92 Å². The summed E-state index contributed by atoms with van der Waals surface area (Å²) < 4.78 is 29.9. The second-order valence-corrected chi connectivity index (χ2v) is 3.45. The number of carbonyl (C=O) groups is 1. The van der Waals surface area contributed by atoms with Crippen LogP contribution in [0.3, 0.4) is 0 Å². The van der Waals surface area contributed by atoms with Crippen LogP contribution in [0, 0.1) is 0 Å². The Hall–Kier alpha value is -0.700. The lowest BCUT2D eigenvalue weighted by molar-refractivity contribution is -0.170. The van der Waals surface area contributed by atoms with Crippen molar-refractivity contribution in [3.05, 3.63) is 0 Å². The number of rotatable bonds is 2. The Balaban J connectivity index is 0. The van der Waals surface area contributed by atoms with Crippen LogP contribution in [0.2, 0.25) is 0 Å². The van der Waals surface area contributed by atoms with Crippen molar-refractivity contribution in [1.82, 2.24) is 0 Å². The largest absolute Gasteiger partial charge is 0.434 e. The summed E-state index contributed by atoms with van der Waals surface area (Å²) in [5.41, 5.74) is 0. The third-order valence-electron chi connectivity index (χ3n) is 0.458. The summed E-state index contributed by atoms with van der Waals surface area (Å²) >= 11 is 0. The van der Waals surface area contributed by atoms with E-state index in [1.165, 1.54) is 0 Å². The normalized spacial score (nSPS) is 12.4. The van der Waals surface area contributed by atoms with Crippen LogP contribution in [-0.2, 0) is 19.6 Å². The van der Waals surface area contributed by atoms with E-state index >= 15 is 0 Å². The first-order valence-corrected chi connectivity index (χ1v) is 4.90. The predicted molar refractivity (Wildman–Crippen MR) is 42.3 cm³/mol. The molecule has 0 aromatic heterocycles. The van der Waals surface area contributed by atoms with Crippen molar-refractivity contribution in [1.29, 1.82) is 0 Å². The highest BCUT2D eigenvalue weighted by Crippen LogP contribution is 1.83. The van der Waals surface area contributed by atoms with Crippen LogP contribution in [0.5, 0.6) is 0 Å². The molecule has 0 aliphatic rings. The highest BCUT2D eigenvalue weighted by atomic mass is 32.2. The van der Waals surface area contributed by atoms with Crippen molar-refractivity contribution < 1.29 is 32.7 Å². The highest BCUT2D eigenvalue weighted by molar-refractivity contribution is 7.85. The molecule has 0 aromatic carbocycles. The molecule has 1 atom stereocenters. The number of esters is 1. The third kappa shape index (κ3) is 34.8. The van der Waals surface area contributed by atoms with Crippen LogP contribution in [0.25, 0.3) is 0 Å². The number of aliphatic hydroxyl groups is 2. The molecule has 80 valence electrons. The van der Waals surface area contributed by atoms with Crippen LogP contribution >= 0.6 is 0 Å². The Morgan fingerprint density at radius 1 is 1.54 bits per heavy atom. The summed E-state index contributed by atoms with van der Waals surface area (Å²) in [6.45, 7) is 0.596. The summed E-state index contributed by atoms with van der Waals surface area (Å²) in [5.74, 6) is -0.605. The monoisotopic (exact) mass is 216 g/mol. The van der Waals surface area contributed by atoms with Crippen LogP contribution in [-0.4, -0.2) is 48.3 Å². The van der Waals surface area contributed by atoms with Gasteiger partial charge in [0.15, 0.2) is 0 Å². The van der Waals surface area contributed by atoms with Crippen LogP contribution in [0.15, 0.2) is 0 Å². The van der Waals surface area contributed by atoms with Gasteiger partial charge in [-0.25, -0.2) is 0 Å². The van der Waals surface area contributed by atoms with Gasteiger partial charge in [-0.1, -0.05) is 0 Å². The summed E-state index contributed by atoms with van der Waals surface area (Å²) in [6.07, 6.45) is -0.653. The minimum absolute atomic E-state index is 0.556. The van der Waals surface area contributed by atoms with Gasteiger partial charge in [-0.15, -0.1) is 0 Å². The fourth-order valence-electron chi connectivity index (χ4n) is 0.229. The first-order chi connectivity index (χ1) is 5.66. The Morgan fingerprint density at radius 2 is 1.85 bits per heavy atom. The van der Waals surface area contributed by atoms with Gasteiger partial charge in [0, 0.05) is 6.92 Å². The Kier molecular flexibility index (Phi) is 7.72. The van der Waals surface area contributed by atoms with E-state index in [1.54, 1.807) is 0 Å². The molecule has 0 amide bonds. The average Bonchev–Trinajstić information content (AvgIpc) is 1.82. The SMILES string of the molecule is CC(=O)OC(O)CO.CS(=O)(=O)O. The quantitative estimate of drug-likeness (QED) is 0.287. The van der Waals surface area contributed by atoms with E-state index in [1.807, 2.05) is 0 Å². The third-order valence-corrected chi connectivity index (χ3v) is 0.458. The fraction of sp³-hybridized carbons (Fsp3) is 0.800. The van der Waals surface area contributed by atoms with E-state index in [0.29, 0.717) is 6.26 Å². The van der Waals surface area contributed by atoms with Gasteiger partial charge in [-0.2, -0.15) is 8.42 Å². The number of carbonyl (C=O) groups excluding carboxylic acids is 1. The topological polar surface area (TPSA) is 121 Å². The molecule has 0 radical (unpaired) electrons. The van der Waals surface area contributed by atoms with Gasteiger partial charge in [0.25, 0.3) is 10.1 Å². The fourth-order valence-corrected chi connectivity index (χ4v) is 0.229. The number of aliphatic hydroxyl groups excluding tert-OH is 2. The maximum absolute atomic E-state index is 9.92. The predicted octanol–water partition coefficient (Wildman–Crippen LogP) is -1.64. The zero-order valence-corrected chi connectivity index (χ0v) is 7.98. The highest BCUT2D eigenvalue weighted by Gasteiger charge is 2.02. The first-order valence-electron chi connectivity index (χ1n) is 3.05. The molecule has 1 unspecified atom stereocenters. The zero-order chi connectivity index (χ0) is 11.1. The van der Waals surface area contributed by atoms with Gasteiger partial charge in [-0.3, -0.25) is 9.35 Å². The summed E-state index contributed by atoms with van der Waals surface area (Å²) in [6, 6.07) is 0. The van der Waals surface area contributed by atoms with Crippen molar-refractivity contribution in [3.8, 4) is 0 Å². The maximum Gasteiger partial charge on any atom is 0.305 e. The van der Waals surface area contributed by atoms with E-state index in [2.05, 4.69) is 4.74 Å². The van der Waals surface area contributed by atoms with Gasteiger partial charge in [0.1, 0.15) is 6.61 Å². The molecular formula is C5H12O7S. The Morgan fingerprint density at radius 3 is 1.92 bits per heavy atom. The second kappa shape index (κ2) is 6.78. The minimum Gasteiger partial charge on any atom is -0.434 e. The standard InChI is InChI=1S/C4H8O4.CH4O3S/c1-3(6)8-4(7)2-5;1-5(2,3)4/h4-5,7H,2H2,1H3;1H3,(H,2,3,4). The molecule has 0 aliphatic carbocycles. The lowest BCUT2D eigenvalue weighted by Gasteiger charge is -2.04. The Bertz CT molecular complexity index is 223. The molecule has 0 saturated carbocycles. The van der Waals surface area contributed by atoms with Gasteiger partial charge >= 0.3 is 5.97 Å². The molecule has 13 heavy (non-hydrogen) atoms. The van der Waals surface area contributed by atoms with Crippen molar-refractivity contribution in [2.45, 2.75) is 13.2 Å². The van der Waals surface area contributed by atoms with Crippen molar-refractivity contribution >= 4 is 16.1 Å². The van der Waals surface area contributed by atoms with Gasteiger partial charge in [0.05, 0.1) is 6.26 Å². The van der Waals surface area contributed by atoms with Gasteiger partial charge in [0.2, 0.25) is 6.29 Å². The molecule has 0 bridgehead atoms. The lowest BCUT2D eigenvalue weighted by Crippen LogP contribution is -2.18. The van der Waals surface area contributed by atoms with E-state index in [-0.39, 0.29) is 0 Å².